The van der Waals surface area contributed by atoms with E-state index < -0.39 is 16.0 Å². The minimum atomic E-state index is -3.78. The third kappa shape index (κ3) is 4.30. The van der Waals surface area contributed by atoms with Gasteiger partial charge in [-0.15, -0.1) is 0 Å². The van der Waals surface area contributed by atoms with Gasteiger partial charge in [0.25, 0.3) is 10.0 Å². The first-order valence-corrected chi connectivity index (χ1v) is 9.48. The maximum absolute atomic E-state index is 12.5. The molecule has 134 valence electrons. The highest BCUT2D eigenvalue weighted by molar-refractivity contribution is 7.92. The standard InChI is InChI=1S/C18H22N2O4S/c1-4-20(5-2)17-10-9-14(12-16(17)18(21)22)19-25(23,24)15-8-6-7-13(3)11-15/h6-12,19H,4-5H2,1-3H3,(H,21,22). The molecular formula is C18H22N2O4S. The molecule has 0 saturated carbocycles. The lowest BCUT2D eigenvalue weighted by Gasteiger charge is -2.23. The maximum Gasteiger partial charge on any atom is 0.337 e. The van der Waals surface area contributed by atoms with Crippen molar-refractivity contribution < 1.29 is 18.3 Å². The van der Waals surface area contributed by atoms with E-state index in [1.54, 1.807) is 37.3 Å². The number of anilines is 2. The molecule has 2 aromatic rings. The van der Waals surface area contributed by atoms with E-state index in [1.807, 2.05) is 18.7 Å². The summed E-state index contributed by atoms with van der Waals surface area (Å²) in [5.74, 6) is -1.10. The second kappa shape index (κ2) is 7.57. The molecule has 0 spiro atoms. The highest BCUT2D eigenvalue weighted by Crippen LogP contribution is 2.26. The van der Waals surface area contributed by atoms with Gasteiger partial charge in [-0.25, -0.2) is 13.2 Å². The average Bonchev–Trinajstić information content (AvgIpc) is 2.56. The monoisotopic (exact) mass is 362 g/mol. The van der Waals surface area contributed by atoms with Crippen LogP contribution >= 0.6 is 0 Å². The molecule has 2 rings (SSSR count). The smallest absolute Gasteiger partial charge is 0.337 e. The Morgan fingerprint density at radius 1 is 1.12 bits per heavy atom. The number of carboxylic acid groups (broad SMARTS) is 1. The average molecular weight is 362 g/mol. The summed E-state index contributed by atoms with van der Waals surface area (Å²) in [6.07, 6.45) is 0. The van der Waals surface area contributed by atoms with Gasteiger partial charge >= 0.3 is 5.97 Å². The van der Waals surface area contributed by atoms with Crippen molar-refractivity contribution in [1.82, 2.24) is 0 Å². The third-order valence-corrected chi connectivity index (χ3v) is 5.26. The van der Waals surface area contributed by atoms with Gasteiger partial charge in [0.05, 0.1) is 16.1 Å². The number of benzene rings is 2. The van der Waals surface area contributed by atoms with Crippen molar-refractivity contribution in [2.75, 3.05) is 22.7 Å². The highest BCUT2D eigenvalue weighted by atomic mass is 32.2. The number of sulfonamides is 1. The Kier molecular flexibility index (Phi) is 5.69. The summed E-state index contributed by atoms with van der Waals surface area (Å²) in [6.45, 7) is 6.99. The Labute approximate surface area is 148 Å². The van der Waals surface area contributed by atoms with Gasteiger partial charge in [-0.1, -0.05) is 12.1 Å². The second-order valence-corrected chi connectivity index (χ2v) is 7.31. The quantitative estimate of drug-likeness (QED) is 0.789. The fraction of sp³-hybridized carbons (Fsp3) is 0.278. The van der Waals surface area contributed by atoms with Crippen LogP contribution < -0.4 is 9.62 Å². The molecule has 0 saturated heterocycles. The van der Waals surface area contributed by atoms with E-state index in [4.69, 9.17) is 0 Å². The predicted octanol–water partition coefficient (Wildman–Crippen LogP) is 3.34. The molecule has 0 heterocycles. The van der Waals surface area contributed by atoms with Crippen LogP contribution in [0.4, 0.5) is 11.4 Å². The third-order valence-electron chi connectivity index (χ3n) is 3.88. The number of carboxylic acids is 1. The van der Waals surface area contributed by atoms with Gasteiger partial charge in [0.15, 0.2) is 0 Å². The van der Waals surface area contributed by atoms with Gasteiger partial charge < -0.3 is 10.0 Å². The molecule has 0 amide bonds. The van der Waals surface area contributed by atoms with Crippen LogP contribution in [0.3, 0.4) is 0 Å². The zero-order valence-corrected chi connectivity index (χ0v) is 15.3. The van der Waals surface area contributed by atoms with Crippen LogP contribution in [0.1, 0.15) is 29.8 Å². The first kappa shape index (κ1) is 18.8. The lowest BCUT2D eigenvalue weighted by atomic mass is 10.1. The largest absolute Gasteiger partial charge is 0.478 e. The van der Waals surface area contributed by atoms with E-state index in [-0.39, 0.29) is 16.1 Å². The molecule has 0 radical (unpaired) electrons. The Morgan fingerprint density at radius 3 is 2.36 bits per heavy atom. The Balaban J connectivity index is 2.40. The van der Waals surface area contributed by atoms with Gasteiger partial charge in [0.2, 0.25) is 0 Å². The van der Waals surface area contributed by atoms with Gasteiger partial charge in [-0.2, -0.15) is 0 Å². The molecule has 0 aliphatic heterocycles. The second-order valence-electron chi connectivity index (χ2n) is 5.63. The van der Waals surface area contributed by atoms with Crippen LogP contribution in [-0.4, -0.2) is 32.6 Å². The van der Waals surface area contributed by atoms with Crippen LogP contribution in [0.25, 0.3) is 0 Å². The molecule has 2 aromatic carbocycles. The molecule has 0 aliphatic rings. The van der Waals surface area contributed by atoms with E-state index in [0.29, 0.717) is 18.8 Å². The first-order chi connectivity index (χ1) is 11.8. The van der Waals surface area contributed by atoms with E-state index in [0.717, 1.165) is 5.56 Å². The van der Waals surface area contributed by atoms with Gasteiger partial charge in [-0.3, -0.25) is 4.72 Å². The summed E-state index contributed by atoms with van der Waals surface area (Å²) < 4.78 is 27.4. The maximum atomic E-state index is 12.5. The zero-order valence-electron chi connectivity index (χ0n) is 14.5. The number of nitrogens with zero attached hydrogens (tertiary/aromatic N) is 1. The summed E-state index contributed by atoms with van der Waals surface area (Å²) in [5.41, 5.74) is 1.67. The van der Waals surface area contributed by atoms with Crippen LogP contribution in [0, 0.1) is 6.92 Å². The lowest BCUT2D eigenvalue weighted by Crippen LogP contribution is -2.24. The molecule has 0 bridgehead atoms. The van der Waals surface area contributed by atoms with Crippen molar-refractivity contribution in [3.8, 4) is 0 Å². The summed E-state index contributed by atoms with van der Waals surface area (Å²) >= 11 is 0. The molecule has 2 N–H and O–H groups in total. The molecule has 0 atom stereocenters. The lowest BCUT2D eigenvalue weighted by molar-refractivity contribution is 0.0697. The van der Waals surface area contributed by atoms with Crippen molar-refractivity contribution in [3.05, 3.63) is 53.6 Å². The van der Waals surface area contributed by atoms with Gasteiger partial charge in [0.1, 0.15) is 0 Å². The Morgan fingerprint density at radius 2 is 1.80 bits per heavy atom. The number of aryl methyl sites for hydroxylation is 1. The summed E-state index contributed by atoms with van der Waals surface area (Å²) in [6, 6.07) is 11.1. The molecule has 0 fully saturated rings. The minimum absolute atomic E-state index is 0.0631. The van der Waals surface area contributed by atoms with Gasteiger partial charge in [-0.05, 0) is 56.7 Å². The van der Waals surface area contributed by atoms with Crippen LogP contribution in [-0.2, 0) is 10.0 Å². The summed E-state index contributed by atoms with van der Waals surface area (Å²) in [4.78, 5) is 13.6. The number of rotatable bonds is 7. The summed E-state index contributed by atoms with van der Waals surface area (Å²) in [7, 11) is -3.78. The van der Waals surface area contributed by atoms with E-state index in [9.17, 15) is 18.3 Å². The predicted molar refractivity (Wildman–Crippen MR) is 98.9 cm³/mol. The van der Waals surface area contributed by atoms with Crippen molar-refractivity contribution in [2.45, 2.75) is 25.7 Å². The minimum Gasteiger partial charge on any atom is -0.478 e. The van der Waals surface area contributed by atoms with Crippen molar-refractivity contribution in [2.24, 2.45) is 0 Å². The first-order valence-electron chi connectivity index (χ1n) is 8.00. The molecular weight excluding hydrogens is 340 g/mol. The van der Waals surface area contributed by atoms with Crippen LogP contribution in [0.15, 0.2) is 47.4 Å². The SMILES string of the molecule is CCN(CC)c1ccc(NS(=O)(=O)c2cccc(C)c2)cc1C(=O)O. The zero-order chi connectivity index (χ0) is 18.6. The van der Waals surface area contributed by atoms with E-state index >= 15 is 0 Å². The molecule has 7 heteroatoms. The number of hydrogen-bond donors (Lipinski definition) is 2. The van der Waals surface area contributed by atoms with Gasteiger partial charge in [0, 0.05) is 18.8 Å². The Bertz CT molecular complexity index is 874. The molecule has 6 nitrogen and oxygen atoms in total. The molecule has 0 aromatic heterocycles. The molecule has 0 aliphatic carbocycles. The van der Waals surface area contributed by atoms with E-state index in [2.05, 4.69) is 4.72 Å². The van der Waals surface area contributed by atoms with E-state index in [1.165, 1.54) is 12.1 Å². The molecule has 25 heavy (non-hydrogen) atoms. The number of hydrogen-bond acceptors (Lipinski definition) is 4. The fourth-order valence-electron chi connectivity index (χ4n) is 2.61. The normalized spacial score (nSPS) is 11.2. The number of carbonyl (C=O) groups is 1. The van der Waals surface area contributed by atoms with Crippen molar-refractivity contribution in [1.29, 1.82) is 0 Å². The number of aromatic carboxylic acids is 1. The van der Waals surface area contributed by atoms with Crippen molar-refractivity contribution in [3.63, 3.8) is 0 Å². The number of nitrogens with one attached hydrogen (secondary N) is 1. The van der Waals surface area contributed by atoms with Crippen molar-refractivity contribution >= 4 is 27.4 Å². The fourth-order valence-corrected chi connectivity index (χ4v) is 3.76. The molecule has 0 unspecified atom stereocenters. The Hall–Kier alpha value is -2.54. The summed E-state index contributed by atoms with van der Waals surface area (Å²) in [5, 5.41) is 9.48. The van der Waals surface area contributed by atoms with Crippen LogP contribution in [0.2, 0.25) is 0 Å². The van der Waals surface area contributed by atoms with Crippen LogP contribution in [0.5, 0.6) is 0 Å². The topological polar surface area (TPSA) is 86.7 Å². The highest BCUT2D eigenvalue weighted by Gasteiger charge is 2.18.